The van der Waals surface area contributed by atoms with Crippen molar-refractivity contribution in [3.05, 3.63) is 59.7 Å². The van der Waals surface area contributed by atoms with Gasteiger partial charge in [0.25, 0.3) is 6.10 Å². The van der Waals surface area contributed by atoms with Gasteiger partial charge >= 0.3 is 18.3 Å². The third-order valence-corrected chi connectivity index (χ3v) is 5.04. The molecule has 0 bridgehead atoms. The zero-order chi connectivity index (χ0) is 24.4. The van der Waals surface area contributed by atoms with Crippen molar-refractivity contribution in [2.24, 2.45) is 0 Å². The fraction of sp³-hybridized carbons (Fsp3) is 0.381. The highest BCUT2D eigenvalue weighted by Crippen LogP contribution is 2.36. The molecule has 4 nitrogen and oxygen atoms in total. The van der Waals surface area contributed by atoms with E-state index in [1.165, 1.54) is 35.2 Å². The topological polar surface area (TPSA) is 41.6 Å². The van der Waals surface area contributed by atoms with Gasteiger partial charge in [-0.2, -0.15) is 26.3 Å². The number of ether oxygens (including phenoxy) is 1. The first-order valence-electron chi connectivity index (χ1n) is 9.69. The van der Waals surface area contributed by atoms with Gasteiger partial charge in [0.1, 0.15) is 17.7 Å². The number of benzene rings is 2. The molecular weight excluding hydrogens is 464 g/mol. The van der Waals surface area contributed by atoms with Gasteiger partial charge in [-0.3, -0.25) is 9.69 Å². The number of rotatable bonds is 5. The Balaban J connectivity index is 1.77. The molecule has 1 aliphatic heterocycles. The predicted molar refractivity (Wildman–Crippen MR) is 101 cm³/mol. The maximum atomic E-state index is 14.7. The van der Waals surface area contributed by atoms with Crippen LogP contribution >= 0.6 is 0 Å². The molecule has 1 atom stereocenters. The quantitative estimate of drug-likeness (QED) is 0.506. The van der Waals surface area contributed by atoms with Crippen molar-refractivity contribution in [3.8, 4) is 11.1 Å². The Bertz CT molecular complexity index is 979. The van der Waals surface area contributed by atoms with Gasteiger partial charge < -0.3 is 10.1 Å². The molecule has 0 spiro atoms. The third kappa shape index (κ3) is 6.20. The molecule has 1 fully saturated rings. The predicted octanol–water partition coefficient (Wildman–Crippen LogP) is 4.44. The number of carbonyl (C=O) groups excluding carboxylic acids is 1. The van der Waals surface area contributed by atoms with Crippen LogP contribution in [-0.4, -0.2) is 55.0 Å². The van der Waals surface area contributed by atoms with Crippen molar-refractivity contribution in [3.63, 3.8) is 0 Å². The molecule has 0 amide bonds. The molecule has 1 heterocycles. The molecule has 2 aromatic carbocycles. The molecule has 0 radical (unpaired) electrons. The molecule has 0 saturated carbocycles. The summed E-state index contributed by atoms with van der Waals surface area (Å²) in [6, 6.07) is 7.92. The summed E-state index contributed by atoms with van der Waals surface area (Å²) in [6.45, 7) is -0.216. The number of carbonyl (C=O) groups is 1. The van der Waals surface area contributed by atoms with Crippen LogP contribution in [0.5, 0.6) is 0 Å². The van der Waals surface area contributed by atoms with Gasteiger partial charge in [0.2, 0.25) is 0 Å². The van der Waals surface area contributed by atoms with E-state index in [0.717, 1.165) is 6.07 Å². The van der Waals surface area contributed by atoms with E-state index in [2.05, 4.69) is 10.1 Å². The summed E-state index contributed by atoms with van der Waals surface area (Å²) in [5.41, 5.74) is 0.831. The lowest BCUT2D eigenvalue weighted by Crippen LogP contribution is -2.57. The molecule has 180 valence electrons. The summed E-state index contributed by atoms with van der Waals surface area (Å²) in [5, 5.41) is 2.70. The van der Waals surface area contributed by atoms with E-state index in [0.29, 0.717) is 11.1 Å². The van der Waals surface area contributed by atoms with Crippen molar-refractivity contribution in [1.29, 1.82) is 0 Å². The van der Waals surface area contributed by atoms with Crippen LogP contribution < -0.4 is 5.32 Å². The monoisotopic (exact) mass is 482 g/mol. The second-order valence-electron chi connectivity index (χ2n) is 7.41. The lowest BCUT2D eigenvalue weighted by molar-refractivity contribution is -0.314. The van der Waals surface area contributed by atoms with Crippen molar-refractivity contribution in [2.75, 3.05) is 19.6 Å². The lowest BCUT2D eigenvalue weighted by Gasteiger charge is -2.35. The van der Waals surface area contributed by atoms with E-state index in [1.54, 1.807) is 6.07 Å². The molecule has 1 N–H and O–H groups in total. The zero-order valence-corrected chi connectivity index (χ0v) is 16.8. The molecule has 12 heteroatoms. The van der Waals surface area contributed by atoms with E-state index in [9.17, 15) is 39.9 Å². The first kappa shape index (κ1) is 24.9. The van der Waals surface area contributed by atoms with E-state index >= 15 is 0 Å². The Hall–Kier alpha value is -2.73. The van der Waals surface area contributed by atoms with Crippen molar-refractivity contribution >= 4 is 5.97 Å². The second-order valence-corrected chi connectivity index (χ2v) is 7.41. The maximum absolute atomic E-state index is 14.7. The Morgan fingerprint density at radius 3 is 2.30 bits per heavy atom. The number of alkyl halides is 6. The molecule has 33 heavy (non-hydrogen) atoms. The highest BCUT2D eigenvalue weighted by Gasteiger charge is 2.60. The zero-order valence-electron chi connectivity index (χ0n) is 16.8. The summed E-state index contributed by atoms with van der Waals surface area (Å²) in [5.74, 6) is -2.97. The molecule has 1 aliphatic rings. The van der Waals surface area contributed by atoms with Gasteiger partial charge in [-0.05, 0) is 29.3 Å². The van der Waals surface area contributed by atoms with Crippen molar-refractivity contribution < 1.29 is 44.7 Å². The van der Waals surface area contributed by atoms with Crippen LogP contribution in [0, 0.1) is 11.6 Å². The number of piperazine rings is 1. The van der Waals surface area contributed by atoms with Crippen molar-refractivity contribution in [1.82, 2.24) is 10.2 Å². The van der Waals surface area contributed by atoms with Crippen LogP contribution in [0.2, 0.25) is 0 Å². The smallest absolute Gasteiger partial charge is 0.434 e. The minimum atomic E-state index is -5.83. The number of hydrogen-bond acceptors (Lipinski definition) is 4. The molecule has 2 aromatic rings. The molecule has 3 rings (SSSR count). The Morgan fingerprint density at radius 1 is 1.03 bits per heavy atom. The lowest BCUT2D eigenvalue weighted by atomic mass is 10.0. The van der Waals surface area contributed by atoms with Gasteiger partial charge in [-0.15, -0.1) is 0 Å². The van der Waals surface area contributed by atoms with Crippen LogP contribution in [-0.2, 0) is 16.1 Å². The van der Waals surface area contributed by atoms with Gasteiger partial charge in [0.15, 0.2) is 0 Å². The van der Waals surface area contributed by atoms with Gasteiger partial charge in [-0.25, -0.2) is 8.78 Å². The second kappa shape index (κ2) is 9.64. The summed E-state index contributed by atoms with van der Waals surface area (Å²) >= 11 is 0. The molecule has 1 saturated heterocycles. The normalized spacial score (nSPS) is 17.9. The third-order valence-electron chi connectivity index (χ3n) is 5.04. The Kier molecular flexibility index (Phi) is 7.27. The highest BCUT2D eigenvalue weighted by molar-refractivity contribution is 5.76. The largest absolute Gasteiger partial charge is 0.442 e. The molecule has 1 unspecified atom stereocenters. The van der Waals surface area contributed by atoms with E-state index < -0.39 is 42.1 Å². The van der Waals surface area contributed by atoms with Gasteiger partial charge in [-0.1, -0.05) is 24.3 Å². The van der Waals surface area contributed by atoms with Crippen molar-refractivity contribution in [2.45, 2.75) is 31.0 Å². The van der Waals surface area contributed by atoms with Crippen LogP contribution in [0.3, 0.4) is 0 Å². The number of nitrogens with one attached hydrogen (secondary N) is 1. The average molecular weight is 482 g/mol. The summed E-state index contributed by atoms with van der Waals surface area (Å²) in [6.07, 6.45) is -15.9. The van der Waals surface area contributed by atoms with E-state index in [-0.39, 0.29) is 31.7 Å². The molecule has 0 aliphatic carbocycles. The summed E-state index contributed by atoms with van der Waals surface area (Å²) < 4.78 is 108. The minimum absolute atomic E-state index is 0.0492. The van der Waals surface area contributed by atoms with Gasteiger partial charge in [0.05, 0.1) is 0 Å². The average Bonchev–Trinajstić information content (AvgIpc) is 2.72. The first-order valence-corrected chi connectivity index (χ1v) is 9.69. The number of hydrogen-bond donors (Lipinski definition) is 1. The van der Waals surface area contributed by atoms with E-state index in [1.807, 2.05) is 0 Å². The van der Waals surface area contributed by atoms with Crippen LogP contribution in [0.1, 0.15) is 5.56 Å². The molecular formula is C21H18F8N2O2. The number of esters is 1. The summed E-state index contributed by atoms with van der Waals surface area (Å²) in [4.78, 5) is 13.5. The fourth-order valence-electron chi connectivity index (χ4n) is 3.42. The van der Waals surface area contributed by atoms with Gasteiger partial charge in [0, 0.05) is 31.7 Å². The SMILES string of the molecule is O=C(OC(C(F)(F)F)C(F)(F)F)C1CNCCN1Cc1ccc(-c2cccc(F)c2)cc1F. The Labute approximate surface area is 183 Å². The standard InChI is InChI=1S/C21H18F8N2O2/c22-15-3-1-2-12(8-15)13-4-5-14(16(23)9-13)11-31-7-6-30-10-17(31)18(32)33-19(20(24,25)26)21(27,28)29/h1-5,8-9,17,19,30H,6-7,10-11H2. The molecule has 0 aromatic heterocycles. The first-order chi connectivity index (χ1) is 15.4. The van der Waals surface area contributed by atoms with Crippen LogP contribution in [0.4, 0.5) is 35.1 Å². The number of nitrogens with zero attached hydrogens (tertiary/aromatic N) is 1. The van der Waals surface area contributed by atoms with Crippen LogP contribution in [0.15, 0.2) is 42.5 Å². The van der Waals surface area contributed by atoms with E-state index in [4.69, 9.17) is 0 Å². The Morgan fingerprint density at radius 2 is 1.70 bits per heavy atom. The number of halogens is 8. The summed E-state index contributed by atoms with van der Waals surface area (Å²) in [7, 11) is 0. The van der Waals surface area contributed by atoms with Crippen LogP contribution in [0.25, 0.3) is 11.1 Å². The highest BCUT2D eigenvalue weighted by atomic mass is 19.4. The fourth-order valence-corrected chi connectivity index (χ4v) is 3.42. The maximum Gasteiger partial charge on any atom is 0.434 e. The minimum Gasteiger partial charge on any atom is -0.442 e.